The fourth-order valence-corrected chi connectivity index (χ4v) is 2.95. The molecule has 0 spiro atoms. The van der Waals surface area contributed by atoms with Crippen molar-refractivity contribution in [3.8, 4) is 0 Å². The van der Waals surface area contributed by atoms with Gasteiger partial charge in [-0.05, 0) is 74.4 Å². The summed E-state index contributed by atoms with van der Waals surface area (Å²) >= 11 is 0. The minimum absolute atomic E-state index is 0.272. The van der Waals surface area contributed by atoms with Crippen molar-refractivity contribution in [1.82, 2.24) is 9.97 Å². The lowest BCUT2D eigenvalue weighted by Crippen LogP contribution is -2.16. The Hall–Kier alpha value is -3.41. The summed E-state index contributed by atoms with van der Waals surface area (Å²) < 4.78 is 0. The molecule has 6 heteroatoms. The van der Waals surface area contributed by atoms with Crippen molar-refractivity contribution in [2.45, 2.75) is 20.8 Å². The van der Waals surface area contributed by atoms with Crippen LogP contribution in [0.5, 0.6) is 0 Å². The van der Waals surface area contributed by atoms with Crippen LogP contribution < -0.4 is 15.5 Å². The van der Waals surface area contributed by atoms with Crippen molar-refractivity contribution in [2.24, 2.45) is 0 Å². The van der Waals surface area contributed by atoms with Crippen LogP contribution in [0.25, 0.3) is 0 Å². The summed E-state index contributed by atoms with van der Waals surface area (Å²) in [5, 5.41) is 6.08. The van der Waals surface area contributed by atoms with E-state index >= 15 is 0 Å². The molecule has 0 aliphatic heterocycles. The van der Waals surface area contributed by atoms with Crippen molar-refractivity contribution >= 4 is 28.9 Å². The zero-order valence-corrected chi connectivity index (χ0v) is 16.9. The molecule has 1 amide bonds. The third-order valence-corrected chi connectivity index (χ3v) is 4.21. The minimum Gasteiger partial charge on any atom is -0.378 e. The molecule has 0 saturated heterocycles. The molecule has 0 unspecified atom stereocenters. The predicted octanol–water partition coefficient (Wildman–Crippen LogP) is 4.46. The molecule has 6 nitrogen and oxygen atoms in total. The van der Waals surface area contributed by atoms with Crippen LogP contribution in [0, 0.1) is 20.8 Å². The summed E-state index contributed by atoms with van der Waals surface area (Å²) in [5.74, 6) is 0.129. The summed E-state index contributed by atoms with van der Waals surface area (Å²) in [4.78, 5) is 23.5. The number of hydrogen-bond donors (Lipinski definition) is 2. The Morgan fingerprint density at radius 1 is 0.857 bits per heavy atom. The summed E-state index contributed by atoms with van der Waals surface area (Å²) in [6.45, 7) is 5.92. The molecule has 28 heavy (non-hydrogen) atoms. The van der Waals surface area contributed by atoms with Gasteiger partial charge in [0.2, 0.25) is 5.95 Å². The standard InChI is InChI=1S/C22H25N5O/c1-14-10-15(2)12-18(11-14)25-22-23-16(3)13-20(26-22)21(28)24-17-6-8-19(9-7-17)27(4)5/h6-13H,1-5H3,(H,24,28)(H,23,25,26). The molecule has 144 valence electrons. The van der Waals surface area contributed by atoms with Gasteiger partial charge in [-0.15, -0.1) is 0 Å². The Kier molecular flexibility index (Phi) is 5.59. The van der Waals surface area contributed by atoms with E-state index in [0.29, 0.717) is 11.6 Å². The lowest BCUT2D eigenvalue weighted by Gasteiger charge is -2.13. The first-order valence-corrected chi connectivity index (χ1v) is 9.10. The molecule has 1 heterocycles. The van der Waals surface area contributed by atoms with Crippen LogP contribution in [-0.2, 0) is 0 Å². The highest BCUT2D eigenvalue weighted by molar-refractivity contribution is 6.03. The van der Waals surface area contributed by atoms with Crippen LogP contribution in [-0.4, -0.2) is 30.0 Å². The zero-order chi connectivity index (χ0) is 20.3. The van der Waals surface area contributed by atoms with Crippen LogP contribution in [0.15, 0.2) is 48.5 Å². The molecular formula is C22H25N5O. The van der Waals surface area contributed by atoms with Gasteiger partial charge >= 0.3 is 0 Å². The van der Waals surface area contributed by atoms with Gasteiger partial charge in [0.05, 0.1) is 0 Å². The van der Waals surface area contributed by atoms with Gasteiger partial charge in [0.25, 0.3) is 5.91 Å². The van der Waals surface area contributed by atoms with Crippen LogP contribution >= 0.6 is 0 Å². The summed E-state index contributed by atoms with van der Waals surface area (Å²) in [6.07, 6.45) is 0. The Bertz CT molecular complexity index is 976. The van der Waals surface area contributed by atoms with Gasteiger partial charge in [0, 0.05) is 36.9 Å². The fourth-order valence-electron chi connectivity index (χ4n) is 2.95. The molecule has 3 rings (SSSR count). The number of rotatable bonds is 5. The average Bonchev–Trinajstić information content (AvgIpc) is 2.60. The van der Waals surface area contributed by atoms with Crippen LogP contribution in [0.2, 0.25) is 0 Å². The van der Waals surface area contributed by atoms with E-state index in [1.807, 2.05) is 76.2 Å². The van der Waals surface area contributed by atoms with E-state index in [9.17, 15) is 4.79 Å². The van der Waals surface area contributed by atoms with Gasteiger partial charge in [0.15, 0.2) is 0 Å². The van der Waals surface area contributed by atoms with Gasteiger partial charge in [-0.2, -0.15) is 0 Å². The molecule has 0 bridgehead atoms. The molecule has 0 aliphatic carbocycles. The third kappa shape index (κ3) is 4.85. The van der Waals surface area contributed by atoms with E-state index in [1.54, 1.807) is 6.07 Å². The highest BCUT2D eigenvalue weighted by Crippen LogP contribution is 2.19. The lowest BCUT2D eigenvalue weighted by atomic mass is 10.1. The molecule has 0 radical (unpaired) electrons. The third-order valence-electron chi connectivity index (χ3n) is 4.21. The molecule has 2 aromatic carbocycles. The van der Waals surface area contributed by atoms with Crippen molar-refractivity contribution in [3.63, 3.8) is 0 Å². The smallest absolute Gasteiger partial charge is 0.274 e. The molecule has 1 aromatic heterocycles. The monoisotopic (exact) mass is 375 g/mol. The second kappa shape index (κ2) is 8.08. The number of aryl methyl sites for hydroxylation is 3. The molecular weight excluding hydrogens is 350 g/mol. The van der Waals surface area contributed by atoms with Crippen molar-refractivity contribution < 1.29 is 4.79 Å². The Balaban J connectivity index is 1.79. The maximum Gasteiger partial charge on any atom is 0.274 e. The fraction of sp³-hybridized carbons (Fsp3) is 0.227. The van der Waals surface area contributed by atoms with Gasteiger partial charge in [-0.25, -0.2) is 9.97 Å². The highest BCUT2D eigenvalue weighted by atomic mass is 16.1. The first kappa shape index (κ1) is 19.4. The Labute approximate surface area is 165 Å². The van der Waals surface area contributed by atoms with Gasteiger partial charge in [-0.1, -0.05) is 6.07 Å². The maximum atomic E-state index is 12.7. The highest BCUT2D eigenvalue weighted by Gasteiger charge is 2.12. The molecule has 0 aliphatic rings. The van der Waals surface area contributed by atoms with E-state index in [-0.39, 0.29) is 5.91 Å². The number of nitrogens with one attached hydrogen (secondary N) is 2. The maximum absolute atomic E-state index is 12.7. The number of hydrogen-bond acceptors (Lipinski definition) is 5. The second-order valence-corrected chi connectivity index (χ2v) is 7.11. The molecule has 2 N–H and O–H groups in total. The SMILES string of the molecule is Cc1cc(C)cc(Nc2nc(C)cc(C(=O)Nc3ccc(N(C)C)cc3)n2)c1. The quantitative estimate of drug-likeness (QED) is 0.689. The normalized spacial score (nSPS) is 10.5. The Morgan fingerprint density at radius 3 is 2.11 bits per heavy atom. The second-order valence-electron chi connectivity index (χ2n) is 7.11. The van der Waals surface area contributed by atoms with Gasteiger partial charge in [-0.3, -0.25) is 4.79 Å². The summed E-state index contributed by atoms with van der Waals surface area (Å²) in [5.41, 5.74) is 6.01. The number of benzene rings is 2. The van der Waals surface area contributed by atoms with Crippen molar-refractivity contribution in [2.75, 3.05) is 29.6 Å². The molecule has 3 aromatic rings. The number of anilines is 4. The van der Waals surface area contributed by atoms with E-state index in [0.717, 1.165) is 33.9 Å². The molecule has 0 atom stereocenters. The predicted molar refractivity (Wildman–Crippen MR) is 115 cm³/mol. The largest absolute Gasteiger partial charge is 0.378 e. The number of aromatic nitrogens is 2. The van der Waals surface area contributed by atoms with Crippen LogP contribution in [0.3, 0.4) is 0 Å². The topological polar surface area (TPSA) is 70.2 Å². The van der Waals surface area contributed by atoms with Gasteiger partial charge in [0.1, 0.15) is 5.69 Å². The Morgan fingerprint density at radius 2 is 1.50 bits per heavy atom. The van der Waals surface area contributed by atoms with Crippen LogP contribution in [0.4, 0.5) is 23.0 Å². The van der Waals surface area contributed by atoms with Crippen molar-refractivity contribution in [3.05, 3.63) is 71.0 Å². The number of carbonyl (C=O) groups excluding carboxylic acids is 1. The van der Waals surface area contributed by atoms with E-state index in [1.165, 1.54) is 0 Å². The van der Waals surface area contributed by atoms with E-state index in [4.69, 9.17) is 0 Å². The average molecular weight is 375 g/mol. The summed E-state index contributed by atoms with van der Waals surface area (Å²) in [6, 6.07) is 15.5. The molecule has 0 fully saturated rings. The summed E-state index contributed by atoms with van der Waals surface area (Å²) in [7, 11) is 3.95. The minimum atomic E-state index is -0.272. The van der Waals surface area contributed by atoms with Gasteiger partial charge < -0.3 is 15.5 Å². The molecule has 0 saturated carbocycles. The zero-order valence-electron chi connectivity index (χ0n) is 16.9. The first-order chi connectivity index (χ1) is 13.3. The first-order valence-electron chi connectivity index (χ1n) is 9.10. The lowest BCUT2D eigenvalue weighted by molar-refractivity contribution is 0.102. The van der Waals surface area contributed by atoms with Crippen LogP contribution in [0.1, 0.15) is 27.3 Å². The number of carbonyl (C=O) groups is 1. The van der Waals surface area contributed by atoms with Crippen molar-refractivity contribution in [1.29, 1.82) is 0 Å². The number of amides is 1. The van der Waals surface area contributed by atoms with E-state index < -0.39 is 0 Å². The number of nitrogens with zero attached hydrogens (tertiary/aromatic N) is 3. The van der Waals surface area contributed by atoms with E-state index in [2.05, 4.69) is 26.7 Å².